The van der Waals surface area contributed by atoms with Crippen LogP contribution in [-0.2, 0) is 9.53 Å². The number of hydrogen-bond donors (Lipinski definition) is 0. The van der Waals surface area contributed by atoms with Crippen LogP contribution in [0.3, 0.4) is 0 Å². The molecule has 3 rings (SSSR count). The van der Waals surface area contributed by atoms with Crippen LogP contribution in [0.1, 0.15) is 29.6 Å². The van der Waals surface area contributed by atoms with Crippen molar-refractivity contribution in [2.75, 3.05) is 39.9 Å². The van der Waals surface area contributed by atoms with Gasteiger partial charge in [-0.3, -0.25) is 9.59 Å². The maximum atomic E-state index is 12.6. The van der Waals surface area contributed by atoms with Gasteiger partial charge in [-0.2, -0.15) is 0 Å². The number of likely N-dealkylation sites (tertiary alicyclic amines) is 2. The molecule has 0 unspecified atom stereocenters. The Morgan fingerprint density at radius 3 is 2.78 bits per heavy atom. The number of methoxy groups -OCH3 is 1. The van der Waals surface area contributed by atoms with Gasteiger partial charge in [-0.05, 0) is 13.3 Å². The molecular formula is C16H23N3O4. The minimum Gasteiger partial charge on any atom is -0.384 e. The molecule has 3 heterocycles. The molecule has 2 amide bonds. The number of carbonyl (C=O) groups excluding carboxylic acids is 2. The molecular weight excluding hydrogens is 298 g/mol. The summed E-state index contributed by atoms with van der Waals surface area (Å²) in [7, 11) is 1.69. The first-order valence-corrected chi connectivity index (χ1v) is 7.92. The molecule has 7 nitrogen and oxygen atoms in total. The van der Waals surface area contributed by atoms with Crippen molar-refractivity contribution in [2.24, 2.45) is 11.3 Å². The summed E-state index contributed by atoms with van der Waals surface area (Å²) in [5, 5.41) is 3.82. The molecule has 0 N–H and O–H groups in total. The van der Waals surface area contributed by atoms with Crippen LogP contribution in [-0.4, -0.2) is 66.7 Å². The average molecular weight is 321 g/mol. The van der Waals surface area contributed by atoms with Crippen LogP contribution in [0.5, 0.6) is 0 Å². The summed E-state index contributed by atoms with van der Waals surface area (Å²) >= 11 is 0. The second-order valence-corrected chi connectivity index (χ2v) is 6.72. The highest BCUT2D eigenvalue weighted by Gasteiger charge is 2.51. The number of aryl methyl sites for hydroxylation is 1. The minimum atomic E-state index is -0.103. The van der Waals surface area contributed by atoms with E-state index in [9.17, 15) is 9.59 Å². The molecule has 23 heavy (non-hydrogen) atoms. The van der Waals surface area contributed by atoms with Crippen molar-refractivity contribution in [2.45, 2.75) is 20.3 Å². The second kappa shape index (κ2) is 5.96. The van der Waals surface area contributed by atoms with Gasteiger partial charge >= 0.3 is 0 Å². The largest absolute Gasteiger partial charge is 0.384 e. The number of aromatic nitrogens is 1. The van der Waals surface area contributed by atoms with Gasteiger partial charge < -0.3 is 19.1 Å². The highest BCUT2D eigenvalue weighted by Crippen LogP contribution is 2.43. The monoisotopic (exact) mass is 321 g/mol. The summed E-state index contributed by atoms with van der Waals surface area (Å²) in [6.07, 6.45) is 0.831. The van der Waals surface area contributed by atoms with E-state index in [2.05, 4.69) is 5.16 Å². The number of nitrogens with zero attached hydrogens (tertiary/aromatic N) is 3. The lowest BCUT2D eigenvalue weighted by Gasteiger charge is -2.42. The number of hydrogen-bond acceptors (Lipinski definition) is 5. The molecule has 7 heteroatoms. The SMILES string of the molecule is COC[C@@]12CCN(C(=O)c3cc(C)on3)C[C@@H]1CN(C(C)=O)C2. The fourth-order valence-corrected chi connectivity index (χ4v) is 3.86. The van der Waals surface area contributed by atoms with Gasteiger partial charge in [0.15, 0.2) is 5.69 Å². The van der Waals surface area contributed by atoms with E-state index in [0.717, 1.165) is 6.42 Å². The van der Waals surface area contributed by atoms with Crippen LogP contribution < -0.4 is 0 Å². The normalized spacial score (nSPS) is 27.2. The van der Waals surface area contributed by atoms with Gasteiger partial charge in [0, 0.05) is 57.6 Å². The minimum absolute atomic E-state index is 0.0447. The first-order chi connectivity index (χ1) is 10.9. The standard InChI is InChI=1S/C16H23N3O4/c1-11-6-14(17-23-11)15(21)18-5-4-16(10-22-3)9-19(12(2)20)8-13(16)7-18/h6,13H,4-5,7-10H2,1-3H3/t13-,16+/m1/s1. The van der Waals surface area contributed by atoms with E-state index in [1.807, 2.05) is 9.80 Å². The van der Waals surface area contributed by atoms with E-state index in [1.165, 1.54) is 0 Å². The summed E-state index contributed by atoms with van der Waals surface area (Å²) in [4.78, 5) is 28.0. The molecule has 0 radical (unpaired) electrons. The van der Waals surface area contributed by atoms with Crippen LogP contribution in [0.25, 0.3) is 0 Å². The zero-order valence-electron chi connectivity index (χ0n) is 13.9. The zero-order valence-corrected chi connectivity index (χ0v) is 13.9. The summed E-state index contributed by atoms with van der Waals surface area (Å²) < 4.78 is 10.4. The molecule has 0 aromatic carbocycles. The fraction of sp³-hybridized carbons (Fsp3) is 0.688. The van der Waals surface area contributed by atoms with Crippen molar-refractivity contribution < 1.29 is 18.8 Å². The molecule has 0 spiro atoms. The third kappa shape index (κ3) is 2.85. The molecule has 2 aliphatic rings. The molecule has 0 aliphatic carbocycles. The van der Waals surface area contributed by atoms with Gasteiger partial charge in [-0.25, -0.2) is 0 Å². The topological polar surface area (TPSA) is 75.9 Å². The highest BCUT2D eigenvalue weighted by atomic mass is 16.5. The number of fused-ring (bicyclic) bond motifs is 1. The summed E-state index contributed by atoms with van der Waals surface area (Å²) in [5.41, 5.74) is 0.305. The number of carbonyl (C=O) groups is 2. The molecule has 2 fully saturated rings. The number of rotatable bonds is 3. The Morgan fingerprint density at radius 1 is 1.43 bits per heavy atom. The Labute approximate surface area is 135 Å². The quantitative estimate of drug-likeness (QED) is 0.828. The van der Waals surface area contributed by atoms with E-state index in [0.29, 0.717) is 44.2 Å². The van der Waals surface area contributed by atoms with Crippen molar-refractivity contribution in [3.63, 3.8) is 0 Å². The van der Waals surface area contributed by atoms with Crippen molar-refractivity contribution in [3.05, 3.63) is 17.5 Å². The fourth-order valence-electron chi connectivity index (χ4n) is 3.86. The number of amides is 2. The van der Waals surface area contributed by atoms with Crippen molar-refractivity contribution in [1.29, 1.82) is 0 Å². The Morgan fingerprint density at radius 2 is 2.17 bits per heavy atom. The second-order valence-electron chi connectivity index (χ2n) is 6.72. The summed E-state index contributed by atoms with van der Waals surface area (Å²) in [6, 6.07) is 1.66. The summed E-state index contributed by atoms with van der Waals surface area (Å²) in [6.45, 7) is 6.65. The van der Waals surface area contributed by atoms with Crippen molar-refractivity contribution in [1.82, 2.24) is 15.0 Å². The third-order valence-electron chi connectivity index (χ3n) is 5.14. The first kappa shape index (κ1) is 16.0. The van der Waals surface area contributed by atoms with Crippen LogP contribution >= 0.6 is 0 Å². The third-order valence-corrected chi connectivity index (χ3v) is 5.14. The smallest absolute Gasteiger partial charge is 0.276 e. The Kier molecular flexibility index (Phi) is 4.14. The van der Waals surface area contributed by atoms with Gasteiger partial charge in [0.25, 0.3) is 5.91 Å². The lowest BCUT2D eigenvalue weighted by Crippen LogP contribution is -2.50. The van der Waals surface area contributed by atoms with E-state index >= 15 is 0 Å². The van der Waals surface area contributed by atoms with Gasteiger partial charge in [0.2, 0.25) is 5.91 Å². The Bertz CT molecular complexity index is 614. The Balaban J connectivity index is 1.76. The maximum Gasteiger partial charge on any atom is 0.276 e. The van der Waals surface area contributed by atoms with E-state index in [-0.39, 0.29) is 23.1 Å². The number of ether oxygens (including phenoxy) is 1. The predicted molar refractivity (Wildman–Crippen MR) is 81.8 cm³/mol. The van der Waals surface area contributed by atoms with E-state index < -0.39 is 0 Å². The van der Waals surface area contributed by atoms with Crippen LogP contribution in [0, 0.1) is 18.3 Å². The van der Waals surface area contributed by atoms with Crippen molar-refractivity contribution >= 4 is 11.8 Å². The van der Waals surface area contributed by atoms with E-state index in [1.54, 1.807) is 27.0 Å². The molecule has 126 valence electrons. The predicted octanol–water partition coefficient (Wildman–Crippen LogP) is 0.940. The molecule has 2 atom stereocenters. The van der Waals surface area contributed by atoms with E-state index in [4.69, 9.17) is 9.26 Å². The van der Waals surface area contributed by atoms with Crippen LogP contribution in [0.4, 0.5) is 0 Å². The molecule has 0 saturated carbocycles. The lowest BCUT2D eigenvalue weighted by atomic mass is 9.73. The zero-order chi connectivity index (χ0) is 16.6. The summed E-state index contributed by atoms with van der Waals surface area (Å²) in [5.74, 6) is 0.841. The molecule has 1 aromatic heterocycles. The Hall–Kier alpha value is -1.89. The molecule has 1 aromatic rings. The number of piperidine rings is 1. The van der Waals surface area contributed by atoms with Crippen LogP contribution in [0.15, 0.2) is 10.6 Å². The molecule has 2 aliphatic heterocycles. The van der Waals surface area contributed by atoms with Crippen LogP contribution in [0.2, 0.25) is 0 Å². The lowest BCUT2D eigenvalue weighted by molar-refractivity contribution is -0.128. The first-order valence-electron chi connectivity index (χ1n) is 7.92. The molecule has 2 saturated heterocycles. The van der Waals surface area contributed by atoms with Gasteiger partial charge in [0.1, 0.15) is 5.76 Å². The van der Waals surface area contributed by atoms with Crippen molar-refractivity contribution in [3.8, 4) is 0 Å². The van der Waals surface area contributed by atoms with Gasteiger partial charge in [-0.15, -0.1) is 0 Å². The molecule has 0 bridgehead atoms. The van der Waals surface area contributed by atoms with Gasteiger partial charge in [0.05, 0.1) is 6.61 Å². The maximum absolute atomic E-state index is 12.6. The highest BCUT2D eigenvalue weighted by molar-refractivity contribution is 5.92. The average Bonchev–Trinajstić information content (AvgIpc) is 3.10. The van der Waals surface area contributed by atoms with Gasteiger partial charge in [-0.1, -0.05) is 5.16 Å².